The van der Waals surface area contributed by atoms with Crippen molar-refractivity contribution in [2.75, 3.05) is 13.1 Å². The molecule has 1 atom stereocenters. The van der Waals surface area contributed by atoms with E-state index >= 15 is 0 Å². The first-order valence-corrected chi connectivity index (χ1v) is 9.84. The second-order valence-corrected chi connectivity index (χ2v) is 7.73. The number of hydrogen-bond acceptors (Lipinski definition) is 3. The Balaban J connectivity index is 1.98. The summed E-state index contributed by atoms with van der Waals surface area (Å²) in [6.45, 7) is 4.64. The smallest absolute Gasteiger partial charge is 0.241 e. The van der Waals surface area contributed by atoms with Crippen LogP contribution in [0.2, 0.25) is 0 Å². The molecule has 1 aliphatic heterocycles. The number of carbonyl (C=O) groups excluding carboxylic acids is 1. The van der Waals surface area contributed by atoms with Gasteiger partial charge in [-0.25, -0.2) is 13.1 Å². The molecule has 1 amide bonds. The van der Waals surface area contributed by atoms with E-state index in [1.807, 2.05) is 11.8 Å². The Kier molecular flexibility index (Phi) is 6.18. The number of aryl methyl sites for hydroxylation is 1. The molecule has 23 heavy (non-hydrogen) atoms. The standard InChI is InChI=1S/C17H26N2O3S/c1-3-14-8-10-16(11-9-14)23(21,22)18-13-17(20)19-12-6-5-7-15(19)4-2/h8-11,15,18H,3-7,12-13H2,1-2H3. The monoisotopic (exact) mass is 338 g/mol. The van der Waals surface area contributed by atoms with E-state index in [1.165, 1.54) is 0 Å². The minimum atomic E-state index is -3.64. The molecule has 1 N–H and O–H groups in total. The van der Waals surface area contributed by atoms with Gasteiger partial charge in [0.25, 0.3) is 0 Å². The summed E-state index contributed by atoms with van der Waals surface area (Å²) >= 11 is 0. The van der Waals surface area contributed by atoms with Crippen LogP contribution in [0.1, 0.15) is 45.1 Å². The summed E-state index contributed by atoms with van der Waals surface area (Å²) in [6, 6.07) is 7.01. The number of carbonyl (C=O) groups is 1. The highest BCUT2D eigenvalue weighted by atomic mass is 32.2. The molecule has 0 bridgehead atoms. The quantitative estimate of drug-likeness (QED) is 0.865. The summed E-state index contributed by atoms with van der Waals surface area (Å²) in [4.78, 5) is 14.4. The molecule has 1 aromatic rings. The Hall–Kier alpha value is -1.40. The van der Waals surface area contributed by atoms with Gasteiger partial charge in [0.2, 0.25) is 15.9 Å². The van der Waals surface area contributed by atoms with Crippen LogP contribution in [0.3, 0.4) is 0 Å². The number of nitrogens with one attached hydrogen (secondary N) is 1. The van der Waals surface area contributed by atoms with E-state index in [0.29, 0.717) is 0 Å². The molecule has 1 aromatic carbocycles. The Morgan fingerprint density at radius 3 is 2.52 bits per heavy atom. The second kappa shape index (κ2) is 7.93. The maximum atomic E-state index is 12.3. The number of benzene rings is 1. The van der Waals surface area contributed by atoms with Crippen LogP contribution >= 0.6 is 0 Å². The minimum Gasteiger partial charge on any atom is -0.339 e. The van der Waals surface area contributed by atoms with Gasteiger partial charge >= 0.3 is 0 Å². The lowest BCUT2D eigenvalue weighted by Gasteiger charge is -2.35. The zero-order chi connectivity index (χ0) is 16.9. The molecule has 128 valence electrons. The lowest BCUT2D eigenvalue weighted by atomic mass is 10.00. The Morgan fingerprint density at radius 1 is 1.22 bits per heavy atom. The van der Waals surface area contributed by atoms with E-state index in [0.717, 1.165) is 44.2 Å². The number of sulfonamides is 1. The maximum Gasteiger partial charge on any atom is 0.241 e. The molecule has 1 fully saturated rings. The average molecular weight is 338 g/mol. The third kappa shape index (κ3) is 4.54. The molecule has 1 aliphatic rings. The van der Waals surface area contributed by atoms with Crippen LogP contribution in [-0.2, 0) is 21.2 Å². The van der Waals surface area contributed by atoms with Crippen LogP contribution < -0.4 is 4.72 Å². The Morgan fingerprint density at radius 2 is 1.91 bits per heavy atom. The van der Waals surface area contributed by atoms with E-state index in [4.69, 9.17) is 0 Å². The number of nitrogens with zero attached hydrogens (tertiary/aromatic N) is 1. The van der Waals surface area contributed by atoms with Crippen LogP contribution in [-0.4, -0.2) is 38.4 Å². The molecule has 0 saturated carbocycles. The van der Waals surface area contributed by atoms with Gasteiger partial charge in [0, 0.05) is 12.6 Å². The van der Waals surface area contributed by atoms with Crippen molar-refractivity contribution in [3.8, 4) is 0 Å². The van der Waals surface area contributed by atoms with Gasteiger partial charge in [0.05, 0.1) is 11.4 Å². The van der Waals surface area contributed by atoms with E-state index in [2.05, 4.69) is 11.6 Å². The molecule has 2 rings (SSSR count). The zero-order valence-corrected chi connectivity index (χ0v) is 14.7. The van der Waals surface area contributed by atoms with Crippen molar-refractivity contribution in [3.05, 3.63) is 29.8 Å². The lowest BCUT2D eigenvalue weighted by Crippen LogP contribution is -2.47. The second-order valence-electron chi connectivity index (χ2n) is 5.97. The van der Waals surface area contributed by atoms with Gasteiger partial charge < -0.3 is 4.90 Å². The molecule has 0 spiro atoms. The van der Waals surface area contributed by atoms with E-state index < -0.39 is 10.0 Å². The highest BCUT2D eigenvalue weighted by molar-refractivity contribution is 7.89. The van der Waals surface area contributed by atoms with Crippen molar-refractivity contribution in [1.82, 2.24) is 9.62 Å². The fourth-order valence-electron chi connectivity index (χ4n) is 3.00. The minimum absolute atomic E-state index is 0.134. The maximum absolute atomic E-state index is 12.3. The normalized spacial score (nSPS) is 18.9. The summed E-state index contributed by atoms with van der Waals surface area (Å²) in [6.07, 6.45) is 4.91. The van der Waals surface area contributed by atoms with Gasteiger partial charge in [0.1, 0.15) is 0 Å². The van der Waals surface area contributed by atoms with Crippen molar-refractivity contribution in [1.29, 1.82) is 0 Å². The number of hydrogen-bond donors (Lipinski definition) is 1. The fourth-order valence-corrected chi connectivity index (χ4v) is 3.97. The first-order chi connectivity index (χ1) is 11.0. The molecule has 1 saturated heterocycles. The largest absolute Gasteiger partial charge is 0.339 e. The zero-order valence-electron chi connectivity index (χ0n) is 13.9. The summed E-state index contributed by atoms with van der Waals surface area (Å²) in [5.74, 6) is -0.134. The van der Waals surface area contributed by atoms with Gasteiger partial charge in [-0.15, -0.1) is 0 Å². The van der Waals surface area contributed by atoms with Gasteiger partial charge in [-0.1, -0.05) is 26.0 Å². The molecule has 0 aliphatic carbocycles. The van der Waals surface area contributed by atoms with Crippen molar-refractivity contribution in [2.45, 2.75) is 56.9 Å². The molecular weight excluding hydrogens is 312 g/mol. The number of piperidine rings is 1. The van der Waals surface area contributed by atoms with Crippen molar-refractivity contribution < 1.29 is 13.2 Å². The van der Waals surface area contributed by atoms with Crippen LogP contribution in [0, 0.1) is 0 Å². The topological polar surface area (TPSA) is 66.5 Å². The number of likely N-dealkylation sites (tertiary alicyclic amines) is 1. The molecule has 6 heteroatoms. The van der Waals surface area contributed by atoms with Crippen LogP contribution in [0.15, 0.2) is 29.2 Å². The summed E-state index contributed by atoms with van der Waals surface area (Å²) in [7, 11) is -3.64. The van der Waals surface area contributed by atoms with Crippen LogP contribution in [0.5, 0.6) is 0 Å². The first-order valence-electron chi connectivity index (χ1n) is 8.36. The molecule has 1 unspecified atom stereocenters. The molecule has 0 aromatic heterocycles. The number of rotatable bonds is 6. The predicted molar refractivity (Wildman–Crippen MR) is 90.7 cm³/mol. The van der Waals surface area contributed by atoms with Crippen molar-refractivity contribution in [3.63, 3.8) is 0 Å². The highest BCUT2D eigenvalue weighted by Crippen LogP contribution is 2.19. The van der Waals surface area contributed by atoms with E-state index in [9.17, 15) is 13.2 Å². The van der Waals surface area contributed by atoms with Gasteiger partial charge in [-0.2, -0.15) is 0 Å². The number of amides is 1. The van der Waals surface area contributed by atoms with Crippen molar-refractivity contribution in [2.24, 2.45) is 0 Å². The van der Waals surface area contributed by atoms with Crippen molar-refractivity contribution >= 4 is 15.9 Å². The average Bonchev–Trinajstić information content (AvgIpc) is 2.59. The van der Waals surface area contributed by atoms with Gasteiger partial charge in [-0.05, 0) is 49.8 Å². The van der Waals surface area contributed by atoms with E-state index in [-0.39, 0.29) is 23.4 Å². The predicted octanol–water partition coefficient (Wildman–Crippen LogP) is 2.32. The molecule has 1 heterocycles. The SMILES string of the molecule is CCc1ccc(S(=O)(=O)NCC(=O)N2CCCCC2CC)cc1. The summed E-state index contributed by atoms with van der Waals surface area (Å²) in [5.41, 5.74) is 1.08. The fraction of sp³-hybridized carbons (Fsp3) is 0.588. The first kappa shape index (κ1) is 17.9. The van der Waals surface area contributed by atoms with Crippen LogP contribution in [0.4, 0.5) is 0 Å². The third-order valence-electron chi connectivity index (χ3n) is 4.47. The summed E-state index contributed by atoms with van der Waals surface area (Å²) < 4.78 is 27.0. The Labute approximate surface area is 139 Å². The van der Waals surface area contributed by atoms with Gasteiger partial charge in [-0.3, -0.25) is 4.79 Å². The lowest BCUT2D eigenvalue weighted by molar-refractivity contribution is -0.133. The van der Waals surface area contributed by atoms with Gasteiger partial charge in [0.15, 0.2) is 0 Å². The van der Waals surface area contributed by atoms with Crippen LogP contribution in [0.25, 0.3) is 0 Å². The third-order valence-corrected chi connectivity index (χ3v) is 5.89. The molecule has 5 nitrogen and oxygen atoms in total. The summed E-state index contributed by atoms with van der Waals surface area (Å²) in [5, 5.41) is 0. The Bertz CT molecular complexity index is 626. The molecule has 0 radical (unpaired) electrons. The van der Waals surface area contributed by atoms with E-state index in [1.54, 1.807) is 24.3 Å². The highest BCUT2D eigenvalue weighted by Gasteiger charge is 2.26. The molecular formula is C17H26N2O3S.